The molecule has 0 spiro atoms. The van der Waals surface area contributed by atoms with Crippen molar-refractivity contribution in [2.24, 2.45) is 0 Å². The van der Waals surface area contributed by atoms with Crippen LogP contribution in [0, 0.1) is 5.82 Å². The van der Waals surface area contributed by atoms with Crippen molar-refractivity contribution in [3.8, 4) is 0 Å². The van der Waals surface area contributed by atoms with Crippen molar-refractivity contribution in [1.29, 1.82) is 0 Å². The molecule has 0 amide bonds. The average molecular weight is 409 g/mol. The number of hydrogen-bond donors (Lipinski definition) is 0. The van der Waals surface area contributed by atoms with E-state index in [1.54, 1.807) is 6.07 Å². The smallest absolute Gasteiger partial charge is 0.173 e. The van der Waals surface area contributed by atoms with Gasteiger partial charge in [0, 0.05) is 38.3 Å². The van der Waals surface area contributed by atoms with Gasteiger partial charge in [0.25, 0.3) is 0 Å². The highest BCUT2D eigenvalue weighted by Gasteiger charge is 2.34. The summed E-state index contributed by atoms with van der Waals surface area (Å²) in [6.45, 7) is 10.6. The number of nitrogens with zero attached hydrogens (tertiary/aromatic N) is 6. The maximum atomic E-state index is 14.9. The van der Waals surface area contributed by atoms with E-state index in [1.165, 1.54) is 11.6 Å². The molecule has 2 aromatic carbocycles. The molecule has 0 N–H and O–H groups in total. The largest absolute Gasteiger partial charge is 0.297 e. The molecular formula is C23H29FN6. The monoisotopic (exact) mass is 408 g/mol. The van der Waals surface area contributed by atoms with Crippen LogP contribution in [0.1, 0.15) is 43.8 Å². The first kappa shape index (κ1) is 20.6. The lowest BCUT2D eigenvalue weighted by molar-refractivity contribution is 0.0967. The highest BCUT2D eigenvalue weighted by molar-refractivity contribution is 5.27. The van der Waals surface area contributed by atoms with Gasteiger partial charge in [-0.3, -0.25) is 9.80 Å². The van der Waals surface area contributed by atoms with Crippen LogP contribution in [0.5, 0.6) is 0 Å². The molecule has 7 heteroatoms. The molecule has 30 heavy (non-hydrogen) atoms. The van der Waals surface area contributed by atoms with E-state index in [2.05, 4.69) is 70.4 Å². The molecule has 4 rings (SSSR count). The number of hydrogen-bond acceptors (Lipinski definition) is 5. The number of piperazine rings is 1. The van der Waals surface area contributed by atoms with Crippen LogP contribution in [0.2, 0.25) is 0 Å². The topological polar surface area (TPSA) is 50.1 Å². The van der Waals surface area contributed by atoms with Gasteiger partial charge in [-0.1, -0.05) is 48.5 Å². The summed E-state index contributed by atoms with van der Waals surface area (Å²) in [5.41, 5.74) is 1.64. The summed E-state index contributed by atoms with van der Waals surface area (Å²) in [4.78, 5) is 4.74. The van der Waals surface area contributed by atoms with Crippen molar-refractivity contribution in [2.45, 2.75) is 38.9 Å². The molecule has 0 unspecified atom stereocenters. The number of halogens is 1. The third kappa shape index (κ3) is 4.42. The van der Waals surface area contributed by atoms with Crippen molar-refractivity contribution in [1.82, 2.24) is 30.0 Å². The molecule has 2 heterocycles. The lowest BCUT2D eigenvalue weighted by atomic mass is 10.0. The zero-order valence-corrected chi connectivity index (χ0v) is 17.9. The molecule has 1 aliphatic rings. The van der Waals surface area contributed by atoms with E-state index in [0.717, 1.165) is 32.7 Å². The Kier molecular flexibility index (Phi) is 5.92. The van der Waals surface area contributed by atoms with Gasteiger partial charge >= 0.3 is 0 Å². The zero-order valence-electron chi connectivity index (χ0n) is 17.9. The van der Waals surface area contributed by atoms with Gasteiger partial charge in [0.15, 0.2) is 5.82 Å². The molecule has 0 bridgehead atoms. The fraction of sp³-hybridized carbons (Fsp3) is 0.435. The normalized spacial score (nSPS) is 17.2. The third-order valence-corrected chi connectivity index (χ3v) is 5.59. The molecule has 1 atom stereocenters. The van der Waals surface area contributed by atoms with E-state index in [9.17, 15) is 4.39 Å². The van der Waals surface area contributed by atoms with E-state index < -0.39 is 0 Å². The van der Waals surface area contributed by atoms with Crippen molar-refractivity contribution in [3.05, 3.63) is 77.4 Å². The number of benzene rings is 2. The molecule has 1 aliphatic heterocycles. The van der Waals surface area contributed by atoms with Gasteiger partial charge in [-0.2, -0.15) is 0 Å². The Bertz CT molecular complexity index is 957. The number of rotatable bonds is 5. The molecule has 6 nitrogen and oxygen atoms in total. The first-order chi connectivity index (χ1) is 14.4. The minimum atomic E-state index is -0.320. The van der Waals surface area contributed by atoms with Crippen molar-refractivity contribution in [2.75, 3.05) is 26.2 Å². The van der Waals surface area contributed by atoms with Gasteiger partial charge in [-0.15, -0.1) is 5.10 Å². The minimum Gasteiger partial charge on any atom is -0.297 e. The zero-order chi connectivity index (χ0) is 21.1. The summed E-state index contributed by atoms with van der Waals surface area (Å²) in [7, 11) is 0. The van der Waals surface area contributed by atoms with Gasteiger partial charge in [-0.05, 0) is 42.8 Å². The maximum absolute atomic E-state index is 14.9. The molecule has 0 radical (unpaired) electrons. The SMILES string of the molecule is CC(C)(C)n1nnnc1[C@@H](c1ccccc1F)N1CCN(Cc2ccccc2)CC1. The van der Waals surface area contributed by atoms with E-state index in [1.807, 2.05) is 22.9 Å². The number of tetrazole rings is 1. The lowest BCUT2D eigenvalue weighted by Crippen LogP contribution is -2.48. The first-order valence-corrected chi connectivity index (χ1v) is 10.5. The Morgan fingerprint density at radius 1 is 0.933 bits per heavy atom. The fourth-order valence-electron chi connectivity index (χ4n) is 4.06. The highest BCUT2D eigenvalue weighted by Crippen LogP contribution is 2.32. The van der Waals surface area contributed by atoms with Crippen LogP contribution in [0.4, 0.5) is 4.39 Å². The summed E-state index contributed by atoms with van der Waals surface area (Å²) in [5.74, 6) is 0.460. The van der Waals surface area contributed by atoms with Crippen LogP contribution in [0.25, 0.3) is 0 Å². The van der Waals surface area contributed by atoms with Gasteiger partial charge in [0.2, 0.25) is 0 Å². The minimum absolute atomic E-state index is 0.224. The average Bonchev–Trinajstić information content (AvgIpc) is 3.22. The third-order valence-electron chi connectivity index (χ3n) is 5.59. The van der Waals surface area contributed by atoms with Crippen molar-refractivity contribution < 1.29 is 4.39 Å². The fourth-order valence-corrected chi connectivity index (χ4v) is 4.06. The maximum Gasteiger partial charge on any atom is 0.173 e. The van der Waals surface area contributed by atoms with Gasteiger partial charge < -0.3 is 0 Å². The van der Waals surface area contributed by atoms with E-state index >= 15 is 0 Å². The molecule has 0 aliphatic carbocycles. The van der Waals surface area contributed by atoms with Gasteiger partial charge in [-0.25, -0.2) is 9.07 Å². The predicted octanol–water partition coefficient (Wildman–Crippen LogP) is 3.47. The molecule has 0 saturated carbocycles. The summed E-state index contributed by atoms with van der Waals surface area (Å²) in [6.07, 6.45) is 0. The summed E-state index contributed by atoms with van der Waals surface area (Å²) < 4.78 is 16.7. The van der Waals surface area contributed by atoms with Crippen LogP contribution >= 0.6 is 0 Å². The predicted molar refractivity (Wildman–Crippen MR) is 114 cm³/mol. The summed E-state index contributed by atoms with van der Waals surface area (Å²) in [6, 6.07) is 17.1. The van der Waals surface area contributed by atoms with Gasteiger partial charge in [0.1, 0.15) is 11.9 Å². The quantitative estimate of drug-likeness (QED) is 0.647. The second-order valence-corrected chi connectivity index (χ2v) is 8.84. The van der Waals surface area contributed by atoms with Gasteiger partial charge in [0.05, 0.1) is 5.54 Å². The van der Waals surface area contributed by atoms with E-state index in [0.29, 0.717) is 11.4 Å². The Morgan fingerprint density at radius 3 is 2.27 bits per heavy atom. The van der Waals surface area contributed by atoms with Crippen molar-refractivity contribution >= 4 is 0 Å². The van der Waals surface area contributed by atoms with Crippen LogP contribution in [0.15, 0.2) is 54.6 Å². The first-order valence-electron chi connectivity index (χ1n) is 10.5. The second kappa shape index (κ2) is 8.62. The highest BCUT2D eigenvalue weighted by atomic mass is 19.1. The summed E-state index contributed by atoms with van der Waals surface area (Å²) >= 11 is 0. The molecule has 1 aromatic heterocycles. The molecular weight excluding hydrogens is 379 g/mol. The number of aromatic nitrogens is 4. The lowest BCUT2D eigenvalue weighted by Gasteiger charge is -2.39. The Morgan fingerprint density at radius 2 is 1.60 bits per heavy atom. The Balaban J connectivity index is 1.59. The Hall–Kier alpha value is -2.64. The molecule has 1 fully saturated rings. The molecule has 3 aromatic rings. The van der Waals surface area contributed by atoms with Crippen LogP contribution in [0.3, 0.4) is 0 Å². The molecule has 158 valence electrons. The second-order valence-electron chi connectivity index (χ2n) is 8.84. The van der Waals surface area contributed by atoms with E-state index in [4.69, 9.17) is 0 Å². The van der Waals surface area contributed by atoms with Crippen LogP contribution in [-0.2, 0) is 12.1 Å². The van der Waals surface area contributed by atoms with Crippen molar-refractivity contribution in [3.63, 3.8) is 0 Å². The van der Waals surface area contributed by atoms with Crippen LogP contribution < -0.4 is 0 Å². The van der Waals surface area contributed by atoms with E-state index in [-0.39, 0.29) is 17.4 Å². The summed E-state index contributed by atoms with van der Waals surface area (Å²) in [5, 5.41) is 12.5. The standard InChI is InChI=1S/C23H29FN6/c1-23(2,3)30-22(25-26-27-30)21(19-11-7-8-12-20(19)24)29-15-13-28(14-16-29)17-18-9-5-4-6-10-18/h4-12,21H,13-17H2,1-3H3/t21-/m1/s1. The molecule has 1 saturated heterocycles. The van der Waals surface area contributed by atoms with Crippen LogP contribution in [-0.4, -0.2) is 56.2 Å². The Labute approximate surface area is 177 Å².